The highest BCUT2D eigenvalue weighted by Gasteiger charge is 2.11. The number of para-hydroxylation sites is 1. The number of hydrogen-bond acceptors (Lipinski definition) is 4. The number of hydrogen-bond donors (Lipinski definition) is 0. The fourth-order valence-corrected chi connectivity index (χ4v) is 1.79. The molecule has 1 aromatic carbocycles. The standard InChI is InChI=1S/C16H22O4/c1-4-19-16(18)10-9-13(17)11-20-15-8-6-5-7-14(15)12(2)3/h5-8,12H,4,9-11H2,1-3H3. The van der Waals surface area contributed by atoms with E-state index >= 15 is 0 Å². The van der Waals surface area contributed by atoms with Gasteiger partial charge < -0.3 is 9.47 Å². The fourth-order valence-electron chi connectivity index (χ4n) is 1.79. The van der Waals surface area contributed by atoms with Gasteiger partial charge in [0.2, 0.25) is 0 Å². The predicted molar refractivity (Wildman–Crippen MR) is 76.9 cm³/mol. The van der Waals surface area contributed by atoms with Gasteiger partial charge >= 0.3 is 5.97 Å². The van der Waals surface area contributed by atoms with Gasteiger partial charge in [-0.15, -0.1) is 0 Å². The summed E-state index contributed by atoms with van der Waals surface area (Å²) in [4.78, 5) is 22.8. The van der Waals surface area contributed by atoms with Crippen LogP contribution in [0.15, 0.2) is 24.3 Å². The monoisotopic (exact) mass is 278 g/mol. The van der Waals surface area contributed by atoms with Crippen molar-refractivity contribution in [2.45, 2.75) is 39.5 Å². The van der Waals surface area contributed by atoms with Crippen molar-refractivity contribution < 1.29 is 19.1 Å². The molecular weight excluding hydrogens is 256 g/mol. The number of carbonyl (C=O) groups is 2. The molecule has 0 heterocycles. The fraction of sp³-hybridized carbons (Fsp3) is 0.500. The number of Topliss-reactive ketones (excluding diaryl/α,β-unsaturated/α-hetero) is 1. The number of carbonyl (C=O) groups excluding carboxylic acids is 2. The first-order valence-electron chi connectivity index (χ1n) is 6.93. The molecule has 0 aliphatic rings. The van der Waals surface area contributed by atoms with Crippen LogP contribution in [0.5, 0.6) is 5.75 Å². The first-order valence-corrected chi connectivity index (χ1v) is 6.93. The van der Waals surface area contributed by atoms with E-state index in [0.717, 1.165) is 11.3 Å². The molecule has 0 aliphatic heterocycles. The van der Waals surface area contributed by atoms with Gasteiger partial charge in [-0.2, -0.15) is 0 Å². The molecule has 4 nitrogen and oxygen atoms in total. The topological polar surface area (TPSA) is 52.6 Å². The maximum Gasteiger partial charge on any atom is 0.306 e. The molecule has 0 saturated carbocycles. The quantitative estimate of drug-likeness (QED) is 0.686. The van der Waals surface area contributed by atoms with Gasteiger partial charge in [0, 0.05) is 6.42 Å². The van der Waals surface area contributed by atoms with E-state index in [1.807, 2.05) is 24.3 Å². The molecule has 0 fully saturated rings. The molecule has 0 spiro atoms. The minimum Gasteiger partial charge on any atom is -0.486 e. The van der Waals surface area contributed by atoms with Gasteiger partial charge in [-0.1, -0.05) is 32.0 Å². The van der Waals surface area contributed by atoms with Crippen molar-refractivity contribution >= 4 is 11.8 Å². The molecular formula is C16H22O4. The lowest BCUT2D eigenvalue weighted by Crippen LogP contribution is -2.14. The second kappa shape index (κ2) is 8.35. The average Bonchev–Trinajstić information content (AvgIpc) is 2.43. The molecule has 0 aliphatic carbocycles. The zero-order valence-corrected chi connectivity index (χ0v) is 12.3. The SMILES string of the molecule is CCOC(=O)CCC(=O)COc1ccccc1C(C)C. The Morgan fingerprint density at radius 2 is 1.85 bits per heavy atom. The van der Waals surface area contributed by atoms with E-state index in [-0.39, 0.29) is 31.2 Å². The Morgan fingerprint density at radius 3 is 2.50 bits per heavy atom. The molecule has 0 atom stereocenters. The summed E-state index contributed by atoms with van der Waals surface area (Å²) in [6, 6.07) is 7.67. The van der Waals surface area contributed by atoms with Crippen LogP contribution in [0.2, 0.25) is 0 Å². The molecule has 4 heteroatoms. The van der Waals surface area contributed by atoms with Gasteiger partial charge in [0.05, 0.1) is 13.0 Å². The Morgan fingerprint density at radius 1 is 1.15 bits per heavy atom. The average molecular weight is 278 g/mol. The molecule has 0 radical (unpaired) electrons. The first kappa shape index (κ1) is 16.2. The molecule has 20 heavy (non-hydrogen) atoms. The third-order valence-corrected chi connectivity index (χ3v) is 2.84. The smallest absolute Gasteiger partial charge is 0.306 e. The van der Waals surface area contributed by atoms with Crippen molar-refractivity contribution in [2.75, 3.05) is 13.2 Å². The Bertz CT molecular complexity index is 452. The summed E-state index contributed by atoms with van der Waals surface area (Å²) in [6.07, 6.45) is 0.268. The van der Waals surface area contributed by atoms with E-state index in [4.69, 9.17) is 9.47 Å². The summed E-state index contributed by atoms with van der Waals surface area (Å²) in [7, 11) is 0. The largest absolute Gasteiger partial charge is 0.486 e. The van der Waals surface area contributed by atoms with Crippen molar-refractivity contribution in [3.05, 3.63) is 29.8 Å². The molecule has 0 bridgehead atoms. The van der Waals surface area contributed by atoms with E-state index in [9.17, 15) is 9.59 Å². The highest BCUT2D eigenvalue weighted by Crippen LogP contribution is 2.25. The highest BCUT2D eigenvalue weighted by atomic mass is 16.5. The van der Waals surface area contributed by atoms with Crippen molar-refractivity contribution in [2.24, 2.45) is 0 Å². The van der Waals surface area contributed by atoms with Crippen molar-refractivity contribution in [1.82, 2.24) is 0 Å². The van der Waals surface area contributed by atoms with Crippen LogP contribution in [-0.4, -0.2) is 25.0 Å². The van der Waals surface area contributed by atoms with Crippen molar-refractivity contribution in [3.63, 3.8) is 0 Å². The van der Waals surface area contributed by atoms with Crippen LogP contribution < -0.4 is 4.74 Å². The van der Waals surface area contributed by atoms with Gasteiger partial charge in [0.25, 0.3) is 0 Å². The summed E-state index contributed by atoms with van der Waals surface area (Å²) in [5.41, 5.74) is 1.07. The Hall–Kier alpha value is -1.84. The summed E-state index contributed by atoms with van der Waals surface area (Å²) < 4.78 is 10.3. The summed E-state index contributed by atoms with van der Waals surface area (Å²) >= 11 is 0. The van der Waals surface area contributed by atoms with Crippen LogP contribution in [0.3, 0.4) is 0 Å². The third kappa shape index (κ3) is 5.43. The molecule has 0 aromatic heterocycles. The molecule has 0 unspecified atom stereocenters. The van der Waals surface area contributed by atoms with Crippen LogP contribution in [0.25, 0.3) is 0 Å². The van der Waals surface area contributed by atoms with Gasteiger partial charge in [0.15, 0.2) is 5.78 Å². The first-order chi connectivity index (χ1) is 9.54. The molecule has 0 amide bonds. The molecule has 1 rings (SSSR count). The van der Waals surface area contributed by atoms with Crippen LogP contribution in [-0.2, 0) is 14.3 Å². The predicted octanol–water partition coefficient (Wildman–Crippen LogP) is 3.10. The zero-order chi connectivity index (χ0) is 15.0. The molecule has 1 aromatic rings. The molecule has 0 N–H and O–H groups in total. The Labute approximate surface area is 120 Å². The minimum absolute atomic E-state index is 0.0108. The second-order valence-corrected chi connectivity index (χ2v) is 4.82. The minimum atomic E-state index is -0.344. The van der Waals surface area contributed by atoms with Crippen LogP contribution in [0.1, 0.15) is 45.1 Å². The lowest BCUT2D eigenvalue weighted by molar-refractivity contribution is -0.144. The van der Waals surface area contributed by atoms with Gasteiger partial charge in [-0.3, -0.25) is 9.59 Å². The maximum atomic E-state index is 11.7. The third-order valence-electron chi connectivity index (χ3n) is 2.84. The van der Waals surface area contributed by atoms with Gasteiger partial charge in [-0.25, -0.2) is 0 Å². The number of ether oxygens (including phenoxy) is 2. The summed E-state index contributed by atoms with van der Waals surface area (Å²) in [5.74, 6) is 0.618. The number of ketones is 1. The Balaban J connectivity index is 2.43. The van der Waals surface area contributed by atoms with E-state index in [1.165, 1.54) is 0 Å². The molecule has 110 valence electrons. The highest BCUT2D eigenvalue weighted by molar-refractivity contribution is 5.84. The van der Waals surface area contributed by atoms with Gasteiger partial charge in [-0.05, 0) is 24.5 Å². The van der Waals surface area contributed by atoms with Crippen molar-refractivity contribution in [3.8, 4) is 5.75 Å². The van der Waals surface area contributed by atoms with E-state index in [1.54, 1.807) is 6.92 Å². The lowest BCUT2D eigenvalue weighted by Gasteiger charge is -2.13. The van der Waals surface area contributed by atoms with E-state index in [2.05, 4.69) is 13.8 Å². The van der Waals surface area contributed by atoms with Crippen LogP contribution >= 0.6 is 0 Å². The van der Waals surface area contributed by atoms with E-state index in [0.29, 0.717) is 12.5 Å². The lowest BCUT2D eigenvalue weighted by atomic mass is 10.0. The number of esters is 1. The number of benzene rings is 1. The Kier molecular flexibility index (Phi) is 6.77. The normalized spacial score (nSPS) is 10.4. The van der Waals surface area contributed by atoms with Gasteiger partial charge in [0.1, 0.15) is 12.4 Å². The zero-order valence-electron chi connectivity index (χ0n) is 12.3. The van der Waals surface area contributed by atoms with Crippen molar-refractivity contribution in [1.29, 1.82) is 0 Å². The van der Waals surface area contributed by atoms with Crippen LogP contribution in [0, 0.1) is 0 Å². The molecule has 0 saturated heterocycles. The second-order valence-electron chi connectivity index (χ2n) is 4.82. The van der Waals surface area contributed by atoms with E-state index < -0.39 is 0 Å². The maximum absolute atomic E-state index is 11.7. The summed E-state index contributed by atoms with van der Waals surface area (Å²) in [6.45, 7) is 6.22. The summed E-state index contributed by atoms with van der Waals surface area (Å²) in [5, 5.41) is 0. The van der Waals surface area contributed by atoms with Crippen LogP contribution in [0.4, 0.5) is 0 Å². The number of rotatable bonds is 8.